The van der Waals surface area contributed by atoms with Gasteiger partial charge < -0.3 is 29.5 Å². The minimum Gasteiger partial charge on any atom is -0.474 e. The van der Waals surface area contributed by atoms with Crippen molar-refractivity contribution in [1.29, 1.82) is 0 Å². The first-order valence-corrected chi connectivity index (χ1v) is 10.8. The Kier molecular flexibility index (Phi) is 8.04. The van der Waals surface area contributed by atoms with Gasteiger partial charge in [-0.1, -0.05) is 0 Å². The van der Waals surface area contributed by atoms with Crippen LogP contribution in [0.2, 0.25) is 0 Å². The Bertz CT molecular complexity index is 916. The Hall–Kier alpha value is -3.14. The number of nitrogens with one attached hydrogen (secondary N) is 1. The number of aliphatic hydroxyl groups excluding tert-OH is 1. The van der Waals surface area contributed by atoms with Crippen LogP contribution in [0.4, 0.5) is 10.6 Å². The molecular weight excluding hydrogens is 414 g/mol. The molecule has 1 fully saturated rings. The lowest BCUT2D eigenvalue weighted by atomic mass is 10.1. The molecule has 3 rings (SSSR count). The molecule has 0 bridgehead atoms. The van der Waals surface area contributed by atoms with Crippen molar-refractivity contribution in [2.45, 2.75) is 52.7 Å². The monoisotopic (exact) mass is 445 g/mol. The average molecular weight is 446 g/mol. The van der Waals surface area contributed by atoms with Crippen LogP contribution < -0.4 is 14.8 Å². The van der Waals surface area contributed by atoms with Gasteiger partial charge in [-0.15, -0.1) is 0 Å². The largest absolute Gasteiger partial charge is 0.474 e. The Labute approximate surface area is 187 Å². The van der Waals surface area contributed by atoms with E-state index in [1.165, 1.54) is 6.33 Å². The van der Waals surface area contributed by atoms with Gasteiger partial charge in [0, 0.05) is 38.2 Å². The van der Waals surface area contributed by atoms with Crippen LogP contribution in [0.25, 0.3) is 0 Å². The van der Waals surface area contributed by atoms with Gasteiger partial charge in [-0.2, -0.15) is 0 Å². The third-order valence-electron chi connectivity index (χ3n) is 4.91. The number of carbonyl (C=O) groups excluding carboxylic acids is 1. The van der Waals surface area contributed by atoms with E-state index in [4.69, 9.17) is 19.3 Å². The second-order valence-electron chi connectivity index (χ2n) is 7.90. The number of pyridine rings is 1. The van der Waals surface area contributed by atoms with Crippen molar-refractivity contribution in [1.82, 2.24) is 19.9 Å². The van der Waals surface area contributed by atoms with Crippen molar-refractivity contribution in [3.63, 3.8) is 0 Å². The van der Waals surface area contributed by atoms with Crippen LogP contribution in [-0.2, 0) is 4.74 Å². The van der Waals surface area contributed by atoms with Gasteiger partial charge in [0.05, 0.1) is 18.3 Å². The topological polar surface area (TPSA) is 119 Å². The van der Waals surface area contributed by atoms with Crippen molar-refractivity contribution >= 4 is 11.9 Å². The van der Waals surface area contributed by atoms with Gasteiger partial charge in [-0.05, 0) is 39.8 Å². The van der Waals surface area contributed by atoms with Gasteiger partial charge in [0.25, 0.3) is 0 Å². The molecule has 32 heavy (non-hydrogen) atoms. The number of aromatic nitrogens is 3. The predicted molar refractivity (Wildman–Crippen MR) is 118 cm³/mol. The molecule has 10 heteroatoms. The zero-order valence-electron chi connectivity index (χ0n) is 19.0. The number of likely N-dealkylation sites (tertiary alicyclic amines) is 1. The summed E-state index contributed by atoms with van der Waals surface area (Å²) in [6.07, 6.45) is 2.28. The fraction of sp³-hybridized carbons (Fsp3) is 0.545. The van der Waals surface area contributed by atoms with E-state index >= 15 is 0 Å². The van der Waals surface area contributed by atoms with Gasteiger partial charge in [0.2, 0.25) is 11.8 Å². The number of ether oxygens (including phenoxy) is 3. The van der Waals surface area contributed by atoms with Crippen LogP contribution in [0, 0.1) is 13.8 Å². The summed E-state index contributed by atoms with van der Waals surface area (Å²) < 4.78 is 17.4. The molecule has 10 nitrogen and oxygen atoms in total. The molecule has 0 radical (unpaired) electrons. The number of piperidine rings is 1. The molecule has 2 N–H and O–H groups in total. The molecule has 2 aromatic rings. The van der Waals surface area contributed by atoms with Gasteiger partial charge in [0.1, 0.15) is 12.4 Å². The molecule has 3 heterocycles. The van der Waals surface area contributed by atoms with Crippen molar-refractivity contribution in [2.75, 3.05) is 31.6 Å². The lowest BCUT2D eigenvalue weighted by molar-refractivity contribution is 0.0505. The molecule has 0 aromatic carbocycles. The summed E-state index contributed by atoms with van der Waals surface area (Å²) in [7, 11) is 0. The minimum absolute atomic E-state index is 0.0202. The van der Waals surface area contributed by atoms with E-state index in [2.05, 4.69) is 20.3 Å². The summed E-state index contributed by atoms with van der Waals surface area (Å²) >= 11 is 0. The highest BCUT2D eigenvalue weighted by molar-refractivity contribution is 5.67. The number of carbonyl (C=O) groups is 1. The summed E-state index contributed by atoms with van der Waals surface area (Å²) in [5, 5.41) is 12.1. The smallest absolute Gasteiger partial charge is 0.410 e. The first kappa shape index (κ1) is 23.5. The normalized spacial score (nSPS) is 14.4. The maximum Gasteiger partial charge on any atom is 0.410 e. The summed E-state index contributed by atoms with van der Waals surface area (Å²) in [5.74, 6) is 1.84. The van der Waals surface area contributed by atoms with Crippen LogP contribution in [0.3, 0.4) is 0 Å². The predicted octanol–water partition coefficient (Wildman–Crippen LogP) is 3.07. The standard InChI is InChI=1S/C22H31N5O5/c1-14(2)30-22(29)27-10-7-17(8-11-27)31-20-16(4)21(25-13-24-20)32-18-6-5-15(3)26-19(18)23-9-12-28/h5-6,13-14,17,28H,7-12H2,1-4H3,(H,23,26). The summed E-state index contributed by atoms with van der Waals surface area (Å²) in [4.78, 5) is 26.7. The molecule has 0 atom stereocenters. The molecule has 0 aliphatic carbocycles. The SMILES string of the molecule is Cc1ccc(Oc2ncnc(OC3CCN(C(=O)OC(C)C)CC3)c2C)c(NCCO)n1. The lowest BCUT2D eigenvalue weighted by Gasteiger charge is -2.31. The minimum atomic E-state index is -0.287. The molecule has 174 valence electrons. The van der Waals surface area contributed by atoms with Gasteiger partial charge in [-0.3, -0.25) is 0 Å². The van der Waals surface area contributed by atoms with Crippen molar-refractivity contribution in [2.24, 2.45) is 0 Å². The van der Waals surface area contributed by atoms with Crippen LogP contribution in [0.15, 0.2) is 18.5 Å². The fourth-order valence-electron chi connectivity index (χ4n) is 3.26. The maximum absolute atomic E-state index is 12.1. The molecule has 0 saturated carbocycles. The third kappa shape index (κ3) is 6.19. The van der Waals surface area contributed by atoms with Crippen LogP contribution in [-0.4, -0.2) is 69.5 Å². The molecular formula is C22H31N5O5. The van der Waals surface area contributed by atoms with E-state index in [0.29, 0.717) is 61.4 Å². The van der Waals surface area contributed by atoms with E-state index < -0.39 is 0 Å². The Balaban J connectivity index is 1.65. The van der Waals surface area contributed by atoms with E-state index in [1.54, 1.807) is 11.0 Å². The summed E-state index contributed by atoms with van der Waals surface area (Å²) in [5.41, 5.74) is 1.49. The van der Waals surface area contributed by atoms with E-state index in [1.807, 2.05) is 33.8 Å². The van der Waals surface area contributed by atoms with Crippen LogP contribution >= 0.6 is 0 Å². The number of hydrogen-bond donors (Lipinski definition) is 2. The van der Waals surface area contributed by atoms with E-state index in [0.717, 1.165) is 5.69 Å². The number of aryl methyl sites for hydroxylation is 1. The highest BCUT2D eigenvalue weighted by Crippen LogP contribution is 2.32. The molecule has 1 aliphatic heterocycles. The summed E-state index contributed by atoms with van der Waals surface area (Å²) in [6, 6.07) is 3.64. The maximum atomic E-state index is 12.1. The zero-order valence-corrected chi connectivity index (χ0v) is 19.0. The Morgan fingerprint density at radius 2 is 1.94 bits per heavy atom. The summed E-state index contributed by atoms with van der Waals surface area (Å²) in [6.45, 7) is 8.86. The van der Waals surface area contributed by atoms with E-state index in [9.17, 15) is 4.79 Å². The number of hydrogen-bond acceptors (Lipinski definition) is 9. The number of anilines is 1. The van der Waals surface area contributed by atoms with Crippen molar-refractivity contribution in [3.8, 4) is 17.5 Å². The Morgan fingerprint density at radius 3 is 2.62 bits per heavy atom. The number of amides is 1. The van der Waals surface area contributed by atoms with Crippen molar-refractivity contribution < 1.29 is 24.1 Å². The quantitative estimate of drug-likeness (QED) is 0.632. The van der Waals surface area contributed by atoms with E-state index in [-0.39, 0.29) is 24.9 Å². The third-order valence-corrected chi connectivity index (χ3v) is 4.91. The first-order chi connectivity index (χ1) is 15.4. The molecule has 0 unspecified atom stereocenters. The Morgan fingerprint density at radius 1 is 1.22 bits per heavy atom. The molecule has 1 amide bonds. The first-order valence-electron chi connectivity index (χ1n) is 10.8. The molecule has 1 saturated heterocycles. The fourth-order valence-corrected chi connectivity index (χ4v) is 3.26. The van der Waals surface area contributed by atoms with Gasteiger partial charge >= 0.3 is 6.09 Å². The zero-order chi connectivity index (χ0) is 23.1. The number of nitrogens with zero attached hydrogens (tertiary/aromatic N) is 4. The highest BCUT2D eigenvalue weighted by Gasteiger charge is 2.26. The molecule has 1 aliphatic rings. The number of aliphatic hydroxyl groups is 1. The van der Waals surface area contributed by atoms with Gasteiger partial charge in [0.15, 0.2) is 11.6 Å². The number of rotatable bonds is 8. The second-order valence-corrected chi connectivity index (χ2v) is 7.90. The molecule has 2 aromatic heterocycles. The van der Waals surface area contributed by atoms with Crippen molar-refractivity contribution in [3.05, 3.63) is 29.7 Å². The second kappa shape index (κ2) is 10.9. The molecule has 0 spiro atoms. The highest BCUT2D eigenvalue weighted by atomic mass is 16.6. The van der Waals surface area contributed by atoms with Crippen LogP contribution in [0.5, 0.6) is 17.5 Å². The average Bonchev–Trinajstić information content (AvgIpc) is 2.76. The van der Waals surface area contributed by atoms with Gasteiger partial charge in [-0.25, -0.2) is 19.7 Å². The lowest BCUT2D eigenvalue weighted by Crippen LogP contribution is -2.42. The van der Waals surface area contributed by atoms with Crippen LogP contribution in [0.1, 0.15) is 37.9 Å².